The molecular formula is C15H25N3O2. The van der Waals surface area contributed by atoms with Gasteiger partial charge in [-0.15, -0.1) is 0 Å². The minimum atomic E-state index is -0.646. The molecule has 1 saturated heterocycles. The Labute approximate surface area is 121 Å². The number of nitrogens with zero attached hydrogens (tertiary/aromatic N) is 2. The number of likely N-dealkylation sites (tertiary alicyclic amines) is 1. The average molecular weight is 279 g/mol. The lowest BCUT2D eigenvalue weighted by Gasteiger charge is -2.38. The first-order valence-electron chi connectivity index (χ1n) is 7.59. The maximum Gasteiger partial charge on any atom is 0.221 e. The number of piperidine rings is 1. The molecule has 1 aliphatic heterocycles. The van der Waals surface area contributed by atoms with Gasteiger partial charge in [-0.1, -0.05) is 0 Å². The van der Waals surface area contributed by atoms with E-state index in [0.29, 0.717) is 18.4 Å². The molecule has 112 valence electrons. The van der Waals surface area contributed by atoms with Crippen molar-refractivity contribution in [3.63, 3.8) is 0 Å². The predicted molar refractivity (Wildman–Crippen MR) is 76.0 cm³/mol. The van der Waals surface area contributed by atoms with Gasteiger partial charge in [-0.05, 0) is 45.6 Å². The number of amides is 1. The van der Waals surface area contributed by atoms with E-state index in [2.05, 4.69) is 16.3 Å². The van der Waals surface area contributed by atoms with E-state index in [1.165, 1.54) is 0 Å². The lowest BCUT2D eigenvalue weighted by atomic mass is 9.79. The zero-order chi connectivity index (χ0) is 14.6. The maximum absolute atomic E-state index is 12.1. The summed E-state index contributed by atoms with van der Waals surface area (Å²) in [5, 5.41) is 12.4. The summed E-state index contributed by atoms with van der Waals surface area (Å²) < 4.78 is 5.50. The lowest BCUT2D eigenvalue weighted by Crippen LogP contribution is -2.54. The fraction of sp³-hybridized carbons (Fsp3) is 0.867. The molecule has 0 bridgehead atoms. The molecule has 2 fully saturated rings. The fourth-order valence-corrected chi connectivity index (χ4v) is 3.06. The molecule has 0 aromatic rings. The number of nitrogens with one attached hydrogen (secondary N) is 1. The van der Waals surface area contributed by atoms with E-state index in [1.807, 2.05) is 14.0 Å². The summed E-state index contributed by atoms with van der Waals surface area (Å²) in [5.41, 5.74) is -0.646. The number of ether oxygens (including phenoxy) is 1. The smallest absolute Gasteiger partial charge is 0.221 e. The largest absolute Gasteiger partial charge is 0.378 e. The minimum Gasteiger partial charge on any atom is -0.378 e. The van der Waals surface area contributed by atoms with E-state index >= 15 is 0 Å². The van der Waals surface area contributed by atoms with Gasteiger partial charge >= 0.3 is 0 Å². The molecule has 2 aliphatic rings. The van der Waals surface area contributed by atoms with Gasteiger partial charge in [0.2, 0.25) is 5.91 Å². The number of carbonyl (C=O) groups is 1. The molecule has 0 radical (unpaired) electrons. The van der Waals surface area contributed by atoms with Crippen molar-refractivity contribution < 1.29 is 9.53 Å². The molecule has 1 amide bonds. The second-order valence-electron chi connectivity index (χ2n) is 6.16. The van der Waals surface area contributed by atoms with Crippen LogP contribution in [0.15, 0.2) is 0 Å². The van der Waals surface area contributed by atoms with Crippen LogP contribution in [0.3, 0.4) is 0 Å². The molecule has 1 aliphatic carbocycles. The number of carbonyl (C=O) groups excluding carboxylic acids is 1. The number of nitriles is 1. The van der Waals surface area contributed by atoms with Crippen molar-refractivity contribution in [1.29, 1.82) is 5.26 Å². The summed E-state index contributed by atoms with van der Waals surface area (Å²) in [6.45, 7) is 4.47. The van der Waals surface area contributed by atoms with Crippen LogP contribution in [0.25, 0.3) is 0 Å². The van der Waals surface area contributed by atoms with Crippen LogP contribution in [0.1, 0.15) is 39.0 Å². The van der Waals surface area contributed by atoms with Crippen molar-refractivity contribution >= 4 is 5.91 Å². The highest BCUT2D eigenvalue weighted by atomic mass is 16.5. The van der Waals surface area contributed by atoms with Gasteiger partial charge in [0, 0.05) is 26.1 Å². The van der Waals surface area contributed by atoms with Crippen LogP contribution < -0.4 is 5.32 Å². The average Bonchev–Trinajstić information content (AvgIpc) is 2.39. The van der Waals surface area contributed by atoms with Gasteiger partial charge in [-0.2, -0.15) is 5.26 Å². The van der Waals surface area contributed by atoms with E-state index in [0.717, 1.165) is 45.4 Å². The summed E-state index contributed by atoms with van der Waals surface area (Å²) in [5.74, 6) is 0.449. The van der Waals surface area contributed by atoms with E-state index in [9.17, 15) is 10.1 Å². The Morgan fingerprint density at radius 1 is 1.45 bits per heavy atom. The molecule has 1 heterocycles. The summed E-state index contributed by atoms with van der Waals surface area (Å²) in [4.78, 5) is 14.3. The highest BCUT2D eigenvalue weighted by Crippen LogP contribution is 2.33. The van der Waals surface area contributed by atoms with Crippen molar-refractivity contribution in [3.05, 3.63) is 0 Å². The first-order valence-corrected chi connectivity index (χ1v) is 7.59. The van der Waals surface area contributed by atoms with E-state index in [4.69, 9.17) is 4.74 Å². The molecule has 0 unspecified atom stereocenters. The second-order valence-corrected chi connectivity index (χ2v) is 6.16. The zero-order valence-electron chi connectivity index (χ0n) is 12.5. The topological polar surface area (TPSA) is 65.4 Å². The first kappa shape index (κ1) is 15.3. The van der Waals surface area contributed by atoms with Crippen molar-refractivity contribution in [1.82, 2.24) is 10.2 Å². The van der Waals surface area contributed by atoms with Crippen molar-refractivity contribution in [2.45, 2.75) is 50.7 Å². The minimum absolute atomic E-state index is 0.0241. The molecule has 5 heteroatoms. The zero-order valence-corrected chi connectivity index (χ0v) is 12.5. The Hall–Kier alpha value is -1.12. The normalized spacial score (nSPS) is 29.2. The Kier molecular flexibility index (Phi) is 5.00. The molecule has 0 aromatic heterocycles. The number of hydrogen-bond donors (Lipinski definition) is 1. The number of rotatable bonds is 5. The Bertz CT molecular complexity index is 377. The summed E-state index contributed by atoms with van der Waals surface area (Å²) in [7, 11) is 2.05. The summed E-state index contributed by atoms with van der Waals surface area (Å²) in [6, 6.07) is 2.32. The van der Waals surface area contributed by atoms with Crippen LogP contribution in [-0.4, -0.2) is 49.2 Å². The molecule has 0 atom stereocenters. The maximum atomic E-state index is 12.1. The number of hydrogen-bond acceptors (Lipinski definition) is 4. The predicted octanol–water partition coefficient (Wildman–Crippen LogP) is 1.30. The molecule has 20 heavy (non-hydrogen) atoms. The van der Waals surface area contributed by atoms with E-state index < -0.39 is 5.54 Å². The van der Waals surface area contributed by atoms with Crippen molar-refractivity contribution in [2.24, 2.45) is 5.92 Å². The quantitative estimate of drug-likeness (QED) is 0.823. The van der Waals surface area contributed by atoms with E-state index in [-0.39, 0.29) is 5.91 Å². The van der Waals surface area contributed by atoms with Crippen LogP contribution >= 0.6 is 0 Å². The first-order chi connectivity index (χ1) is 9.57. The molecule has 1 N–H and O–H groups in total. The summed E-state index contributed by atoms with van der Waals surface area (Å²) >= 11 is 0. The van der Waals surface area contributed by atoms with Gasteiger partial charge in [0.15, 0.2) is 0 Å². The van der Waals surface area contributed by atoms with Gasteiger partial charge in [-0.3, -0.25) is 4.79 Å². The van der Waals surface area contributed by atoms with Crippen LogP contribution in [-0.2, 0) is 9.53 Å². The highest BCUT2D eigenvalue weighted by molar-refractivity contribution is 5.77. The SMILES string of the molecule is CCOC1CC(CC(=O)NC2(C#N)CCN(C)CC2)C1. The third-order valence-corrected chi connectivity index (χ3v) is 4.50. The van der Waals surface area contributed by atoms with E-state index in [1.54, 1.807) is 0 Å². The molecule has 0 aromatic carbocycles. The second kappa shape index (κ2) is 6.55. The molecule has 1 saturated carbocycles. The van der Waals surface area contributed by atoms with Gasteiger partial charge in [0.25, 0.3) is 0 Å². The van der Waals surface area contributed by atoms with Crippen LogP contribution in [0, 0.1) is 17.2 Å². The van der Waals surface area contributed by atoms with Crippen LogP contribution in [0.5, 0.6) is 0 Å². The Balaban J connectivity index is 1.75. The third-order valence-electron chi connectivity index (χ3n) is 4.50. The molecule has 2 rings (SSSR count). The Morgan fingerprint density at radius 2 is 2.10 bits per heavy atom. The third kappa shape index (κ3) is 3.71. The van der Waals surface area contributed by atoms with Gasteiger partial charge in [0.05, 0.1) is 12.2 Å². The van der Waals surface area contributed by atoms with Crippen molar-refractivity contribution in [3.8, 4) is 6.07 Å². The Morgan fingerprint density at radius 3 is 2.65 bits per heavy atom. The highest BCUT2D eigenvalue weighted by Gasteiger charge is 2.37. The van der Waals surface area contributed by atoms with Crippen LogP contribution in [0.2, 0.25) is 0 Å². The summed E-state index contributed by atoms with van der Waals surface area (Å²) in [6.07, 6.45) is 4.26. The molecule has 0 spiro atoms. The molecular weight excluding hydrogens is 254 g/mol. The van der Waals surface area contributed by atoms with Crippen LogP contribution in [0.4, 0.5) is 0 Å². The standard InChI is InChI=1S/C15H25N3O2/c1-3-20-13-8-12(9-13)10-14(19)17-15(11-16)4-6-18(2)7-5-15/h12-13H,3-10H2,1-2H3,(H,17,19). The monoisotopic (exact) mass is 279 g/mol. The van der Waals surface area contributed by atoms with Gasteiger partial charge in [-0.25, -0.2) is 0 Å². The molecule has 5 nitrogen and oxygen atoms in total. The van der Waals surface area contributed by atoms with Crippen molar-refractivity contribution in [2.75, 3.05) is 26.7 Å². The lowest BCUT2D eigenvalue weighted by molar-refractivity contribution is -0.126. The van der Waals surface area contributed by atoms with Gasteiger partial charge in [0.1, 0.15) is 5.54 Å². The fourth-order valence-electron chi connectivity index (χ4n) is 3.06. The van der Waals surface area contributed by atoms with Gasteiger partial charge < -0.3 is 15.0 Å².